The molecule has 1 aromatic carbocycles. The second-order valence-corrected chi connectivity index (χ2v) is 5.02. The third-order valence-corrected chi connectivity index (χ3v) is 3.19. The Balaban J connectivity index is 2.67. The zero-order chi connectivity index (χ0) is 13.7. The van der Waals surface area contributed by atoms with Crippen LogP contribution in [0.3, 0.4) is 0 Å². The summed E-state index contributed by atoms with van der Waals surface area (Å²) in [7, 11) is 1.64. The van der Waals surface area contributed by atoms with E-state index in [-0.39, 0.29) is 11.8 Å². The van der Waals surface area contributed by atoms with Gasteiger partial charge in [0.2, 0.25) is 5.91 Å². The number of ether oxygens (including phenoxy) is 1. The molecule has 0 spiro atoms. The van der Waals surface area contributed by atoms with Gasteiger partial charge in [0.25, 0.3) is 0 Å². The van der Waals surface area contributed by atoms with Crippen LogP contribution in [0, 0.1) is 12.8 Å². The minimum absolute atomic E-state index is 0.00787. The smallest absolute Gasteiger partial charge is 0.222 e. The molecule has 0 radical (unpaired) electrons. The zero-order valence-electron chi connectivity index (χ0n) is 11.3. The van der Waals surface area contributed by atoms with E-state index < -0.39 is 0 Å². The summed E-state index contributed by atoms with van der Waals surface area (Å²) in [4.78, 5) is 11.4. The van der Waals surface area contributed by atoms with Crippen LogP contribution in [0.2, 0.25) is 5.02 Å². The van der Waals surface area contributed by atoms with Crippen LogP contribution in [0.4, 0.5) is 0 Å². The van der Waals surface area contributed by atoms with E-state index in [2.05, 4.69) is 5.32 Å². The number of amides is 1. The van der Waals surface area contributed by atoms with Gasteiger partial charge in [-0.25, -0.2) is 0 Å². The molecule has 0 fully saturated rings. The molecule has 0 saturated heterocycles. The number of nitrogens with one attached hydrogen (secondary N) is 1. The van der Waals surface area contributed by atoms with Crippen LogP contribution in [0.25, 0.3) is 0 Å². The van der Waals surface area contributed by atoms with Crippen LogP contribution in [-0.2, 0) is 11.2 Å². The predicted octanol–water partition coefficient (Wildman–Crippen LogP) is 2.97. The molecular weight excluding hydrogens is 250 g/mol. The summed E-state index contributed by atoms with van der Waals surface area (Å²) in [6.07, 6.45) is 0.710. The van der Waals surface area contributed by atoms with Gasteiger partial charge >= 0.3 is 0 Å². The second-order valence-electron chi connectivity index (χ2n) is 4.61. The Bertz CT molecular complexity index is 430. The quantitative estimate of drug-likeness (QED) is 0.892. The number of benzene rings is 1. The van der Waals surface area contributed by atoms with E-state index in [1.807, 2.05) is 32.9 Å². The van der Waals surface area contributed by atoms with E-state index >= 15 is 0 Å². The second kappa shape index (κ2) is 6.64. The Morgan fingerprint density at radius 1 is 1.44 bits per heavy atom. The van der Waals surface area contributed by atoms with E-state index in [1.54, 1.807) is 7.11 Å². The van der Waals surface area contributed by atoms with Crippen LogP contribution in [-0.4, -0.2) is 19.6 Å². The third kappa shape index (κ3) is 3.91. The van der Waals surface area contributed by atoms with Gasteiger partial charge in [0, 0.05) is 17.5 Å². The number of rotatable bonds is 5. The van der Waals surface area contributed by atoms with Crippen molar-refractivity contribution in [2.45, 2.75) is 27.2 Å². The van der Waals surface area contributed by atoms with Gasteiger partial charge in [-0.15, -0.1) is 0 Å². The first-order valence-electron chi connectivity index (χ1n) is 6.06. The van der Waals surface area contributed by atoms with Crippen molar-refractivity contribution in [2.75, 3.05) is 13.7 Å². The summed E-state index contributed by atoms with van der Waals surface area (Å²) >= 11 is 6.09. The van der Waals surface area contributed by atoms with Gasteiger partial charge in [-0.2, -0.15) is 0 Å². The van der Waals surface area contributed by atoms with Crippen molar-refractivity contribution in [2.24, 2.45) is 5.92 Å². The number of aryl methyl sites for hydroxylation is 1. The fourth-order valence-corrected chi connectivity index (χ4v) is 1.79. The average Bonchev–Trinajstić information content (AvgIpc) is 2.32. The molecule has 1 rings (SSSR count). The molecular formula is C14H20ClNO2. The number of hydrogen-bond donors (Lipinski definition) is 1. The standard InChI is InChI=1S/C14H20ClNO2/c1-9(2)14(17)16-6-5-11-8-12(15)10(3)7-13(11)18-4/h7-9H,5-6H2,1-4H3,(H,16,17). The van der Waals surface area contributed by atoms with Gasteiger partial charge in [-0.3, -0.25) is 4.79 Å². The van der Waals surface area contributed by atoms with Crippen LogP contribution in [0.5, 0.6) is 5.75 Å². The highest BCUT2D eigenvalue weighted by molar-refractivity contribution is 6.31. The first-order chi connectivity index (χ1) is 8.45. The van der Waals surface area contributed by atoms with Crippen molar-refractivity contribution in [3.63, 3.8) is 0 Å². The molecule has 0 atom stereocenters. The number of methoxy groups -OCH3 is 1. The lowest BCUT2D eigenvalue weighted by atomic mass is 10.1. The molecule has 0 aliphatic heterocycles. The Kier molecular flexibility index (Phi) is 5.48. The van der Waals surface area contributed by atoms with Gasteiger partial charge < -0.3 is 10.1 Å². The average molecular weight is 270 g/mol. The van der Waals surface area contributed by atoms with Crippen molar-refractivity contribution >= 4 is 17.5 Å². The monoisotopic (exact) mass is 269 g/mol. The van der Waals surface area contributed by atoms with Gasteiger partial charge in [-0.1, -0.05) is 25.4 Å². The summed E-state index contributed by atoms with van der Waals surface area (Å²) in [5.41, 5.74) is 2.00. The topological polar surface area (TPSA) is 38.3 Å². The lowest BCUT2D eigenvalue weighted by Crippen LogP contribution is -2.29. The van der Waals surface area contributed by atoms with Crippen LogP contribution >= 0.6 is 11.6 Å². The fourth-order valence-electron chi connectivity index (χ4n) is 1.61. The van der Waals surface area contributed by atoms with Crippen molar-refractivity contribution in [1.82, 2.24) is 5.32 Å². The minimum Gasteiger partial charge on any atom is -0.496 e. The lowest BCUT2D eigenvalue weighted by molar-refractivity contribution is -0.123. The summed E-state index contributed by atoms with van der Waals surface area (Å²) in [6, 6.07) is 3.82. The lowest BCUT2D eigenvalue weighted by Gasteiger charge is -2.12. The van der Waals surface area contributed by atoms with Gasteiger partial charge in [-0.05, 0) is 36.6 Å². The first kappa shape index (κ1) is 14.8. The number of carbonyl (C=O) groups is 1. The van der Waals surface area contributed by atoms with E-state index in [4.69, 9.17) is 16.3 Å². The molecule has 0 bridgehead atoms. The Labute approximate surface area is 113 Å². The van der Waals surface area contributed by atoms with Gasteiger partial charge in [0.05, 0.1) is 7.11 Å². The highest BCUT2D eigenvalue weighted by Gasteiger charge is 2.09. The van der Waals surface area contributed by atoms with E-state index in [9.17, 15) is 4.79 Å². The number of carbonyl (C=O) groups excluding carboxylic acids is 1. The molecule has 100 valence electrons. The van der Waals surface area contributed by atoms with Crippen molar-refractivity contribution in [3.05, 3.63) is 28.3 Å². The van der Waals surface area contributed by atoms with E-state index in [0.29, 0.717) is 13.0 Å². The normalized spacial score (nSPS) is 10.6. The molecule has 0 heterocycles. The molecule has 0 aromatic heterocycles. The highest BCUT2D eigenvalue weighted by Crippen LogP contribution is 2.26. The molecule has 4 heteroatoms. The molecule has 0 saturated carbocycles. The summed E-state index contributed by atoms with van der Waals surface area (Å²) < 4.78 is 5.31. The molecule has 0 aliphatic carbocycles. The van der Waals surface area contributed by atoms with Crippen molar-refractivity contribution in [3.8, 4) is 5.75 Å². The maximum absolute atomic E-state index is 11.4. The summed E-state index contributed by atoms with van der Waals surface area (Å²) in [5, 5.41) is 3.60. The van der Waals surface area contributed by atoms with E-state index in [1.165, 1.54) is 0 Å². The van der Waals surface area contributed by atoms with Crippen LogP contribution in [0.15, 0.2) is 12.1 Å². The Morgan fingerprint density at radius 3 is 2.67 bits per heavy atom. The molecule has 1 N–H and O–H groups in total. The van der Waals surface area contributed by atoms with Crippen molar-refractivity contribution in [1.29, 1.82) is 0 Å². The SMILES string of the molecule is COc1cc(C)c(Cl)cc1CCNC(=O)C(C)C. The number of halogens is 1. The Hall–Kier alpha value is -1.22. The number of hydrogen-bond acceptors (Lipinski definition) is 2. The molecule has 0 unspecified atom stereocenters. The third-order valence-electron chi connectivity index (χ3n) is 2.78. The van der Waals surface area contributed by atoms with Crippen LogP contribution in [0.1, 0.15) is 25.0 Å². The fraction of sp³-hybridized carbons (Fsp3) is 0.500. The Morgan fingerprint density at radius 2 is 2.11 bits per heavy atom. The molecule has 3 nitrogen and oxygen atoms in total. The highest BCUT2D eigenvalue weighted by atomic mass is 35.5. The predicted molar refractivity (Wildman–Crippen MR) is 74.3 cm³/mol. The largest absolute Gasteiger partial charge is 0.496 e. The first-order valence-corrected chi connectivity index (χ1v) is 6.44. The molecule has 1 aromatic rings. The summed E-state index contributed by atoms with van der Waals surface area (Å²) in [5.74, 6) is 0.886. The van der Waals surface area contributed by atoms with Gasteiger partial charge in [0.15, 0.2) is 0 Å². The zero-order valence-corrected chi connectivity index (χ0v) is 12.1. The van der Waals surface area contributed by atoms with Crippen LogP contribution < -0.4 is 10.1 Å². The van der Waals surface area contributed by atoms with Crippen molar-refractivity contribution < 1.29 is 9.53 Å². The maximum Gasteiger partial charge on any atom is 0.222 e. The minimum atomic E-state index is 0.00787. The van der Waals surface area contributed by atoms with E-state index in [0.717, 1.165) is 21.9 Å². The molecule has 18 heavy (non-hydrogen) atoms. The maximum atomic E-state index is 11.4. The van der Waals surface area contributed by atoms with Gasteiger partial charge in [0.1, 0.15) is 5.75 Å². The summed E-state index contributed by atoms with van der Waals surface area (Å²) in [6.45, 7) is 6.28. The molecule has 0 aliphatic rings. The molecule has 1 amide bonds.